The monoisotopic (exact) mass is 359 g/mol. The quantitative estimate of drug-likeness (QED) is 0.858. The van der Waals surface area contributed by atoms with Crippen LogP contribution in [0.1, 0.15) is 56.4 Å². The van der Waals surface area contributed by atoms with Crippen LogP contribution < -0.4 is 10.6 Å². The zero-order chi connectivity index (χ0) is 17.9. The molecule has 2 N–H and O–H groups in total. The number of piperidine rings is 1. The highest BCUT2D eigenvalue weighted by atomic mass is 16.2. The van der Waals surface area contributed by atoms with Gasteiger partial charge in [-0.25, -0.2) is 0 Å². The molecule has 0 radical (unpaired) electrons. The van der Waals surface area contributed by atoms with Crippen molar-refractivity contribution in [1.82, 2.24) is 25.3 Å². The second-order valence-electron chi connectivity index (χ2n) is 8.43. The molecule has 0 spiro atoms. The molecule has 3 aliphatic rings. The van der Waals surface area contributed by atoms with E-state index in [1.165, 1.54) is 37.7 Å². The summed E-state index contributed by atoms with van der Waals surface area (Å²) in [5.41, 5.74) is 1.17. The van der Waals surface area contributed by atoms with E-state index in [1.54, 1.807) is 0 Å². The fourth-order valence-corrected chi connectivity index (χ4v) is 5.10. The Bertz CT molecular complexity index is 601. The molecule has 2 atom stereocenters. The van der Waals surface area contributed by atoms with Crippen LogP contribution in [0.3, 0.4) is 0 Å². The molecule has 6 nitrogen and oxygen atoms in total. The molecular formula is C20H33N5O. The lowest BCUT2D eigenvalue weighted by atomic mass is 9.89. The second-order valence-corrected chi connectivity index (χ2v) is 8.43. The van der Waals surface area contributed by atoms with E-state index in [2.05, 4.69) is 20.6 Å². The summed E-state index contributed by atoms with van der Waals surface area (Å²) in [5.74, 6) is 0.488. The molecule has 1 aromatic rings. The maximum Gasteiger partial charge on any atom is 0.225 e. The van der Waals surface area contributed by atoms with E-state index in [0.29, 0.717) is 6.04 Å². The number of aromatic nitrogens is 2. The van der Waals surface area contributed by atoms with Gasteiger partial charge in [0.25, 0.3) is 0 Å². The molecule has 0 bridgehead atoms. The summed E-state index contributed by atoms with van der Waals surface area (Å²) in [4.78, 5) is 15.6. The molecule has 1 aliphatic carbocycles. The summed E-state index contributed by atoms with van der Waals surface area (Å²) in [6.45, 7) is 3.92. The summed E-state index contributed by atoms with van der Waals surface area (Å²) in [6.07, 6.45) is 13.1. The largest absolute Gasteiger partial charge is 0.353 e. The molecule has 2 aliphatic heterocycles. The minimum absolute atomic E-state index is 0.0237. The van der Waals surface area contributed by atoms with Crippen LogP contribution in [-0.4, -0.2) is 58.9 Å². The number of nitrogens with zero attached hydrogens (tertiary/aromatic N) is 3. The van der Waals surface area contributed by atoms with Crippen molar-refractivity contribution in [2.45, 2.75) is 62.9 Å². The van der Waals surface area contributed by atoms with Gasteiger partial charge in [-0.1, -0.05) is 19.3 Å². The molecule has 0 aromatic carbocycles. The Morgan fingerprint density at radius 3 is 2.62 bits per heavy atom. The fraction of sp³-hybridized carbons (Fsp3) is 0.800. The Morgan fingerprint density at radius 1 is 1.15 bits per heavy atom. The number of carbonyl (C=O) groups is 1. The van der Waals surface area contributed by atoms with Crippen LogP contribution in [0.15, 0.2) is 12.4 Å². The highest BCUT2D eigenvalue weighted by Gasteiger charge is 2.36. The Kier molecular flexibility index (Phi) is 5.60. The van der Waals surface area contributed by atoms with Crippen LogP contribution in [0.25, 0.3) is 0 Å². The Morgan fingerprint density at radius 2 is 1.92 bits per heavy atom. The predicted molar refractivity (Wildman–Crippen MR) is 102 cm³/mol. The van der Waals surface area contributed by atoms with Gasteiger partial charge in [0.05, 0.1) is 12.1 Å². The van der Waals surface area contributed by atoms with E-state index in [1.807, 2.05) is 24.1 Å². The molecule has 0 unspecified atom stereocenters. The number of aryl methyl sites for hydroxylation is 1. The highest BCUT2D eigenvalue weighted by Crippen LogP contribution is 2.29. The van der Waals surface area contributed by atoms with Gasteiger partial charge < -0.3 is 15.5 Å². The summed E-state index contributed by atoms with van der Waals surface area (Å²) >= 11 is 0. The van der Waals surface area contributed by atoms with Crippen LogP contribution in [-0.2, 0) is 11.8 Å². The zero-order valence-corrected chi connectivity index (χ0v) is 16.0. The smallest absolute Gasteiger partial charge is 0.225 e. The Balaban J connectivity index is 1.28. The van der Waals surface area contributed by atoms with Crippen molar-refractivity contribution in [1.29, 1.82) is 0 Å². The zero-order valence-electron chi connectivity index (χ0n) is 16.0. The van der Waals surface area contributed by atoms with Gasteiger partial charge in [0, 0.05) is 57.4 Å². The third-order valence-corrected chi connectivity index (χ3v) is 6.67. The molecular weight excluding hydrogens is 326 g/mol. The SMILES string of the molecule is Cn1cc([C@H]2CNC[C@@H]2C(=O)NC2CCN(C3CCCCC3)CC2)cn1. The third-order valence-electron chi connectivity index (χ3n) is 6.67. The summed E-state index contributed by atoms with van der Waals surface area (Å²) < 4.78 is 1.82. The van der Waals surface area contributed by atoms with E-state index in [-0.39, 0.29) is 17.7 Å². The van der Waals surface area contributed by atoms with Crippen LogP contribution in [0.5, 0.6) is 0 Å². The minimum Gasteiger partial charge on any atom is -0.353 e. The van der Waals surface area contributed by atoms with E-state index < -0.39 is 0 Å². The third kappa shape index (κ3) is 3.96. The van der Waals surface area contributed by atoms with Crippen LogP contribution >= 0.6 is 0 Å². The van der Waals surface area contributed by atoms with Crippen LogP contribution in [0, 0.1) is 5.92 Å². The van der Waals surface area contributed by atoms with Crippen molar-refractivity contribution < 1.29 is 4.79 Å². The lowest BCUT2D eigenvalue weighted by Gasteiger charge is -2.39. The van der Waals surface area contributed by atoms with Crippen molar-refractivity contribution in [3.63, 3.8) is 0 Å². The van der Waals surface area contributed by atoms with Crippen molar-refractivity contribution >= 4 is 5.91 Å². The standard InChI is InChI=1S/C20H33N5O/c1-24-14-15(11-22-24)18-12-21-13-19(18)20(26)23-16-7-9-25(10-8-16)17-5-3-2-4-6-17/h11,14,16-19,21H,2-10,12-13H2,1H3,(H,23,26)/t18-,19+/m1/s1. The van der Waals surface area contributed by atoms with E-state index >= 15 is 0 Å². The van der Waals surface area contributed by atoms with E-state index in [4.69, 9.17) is 0 Å². The lowest BCUT2D eigenvalue weighted by molar-refractivity contribution is -0.125. The summed E-state index contributed by atoms with van der Waals surface area (Å²) in [5, 5.41) is 11.0. The lowest BCUT2D eigenvalue weighted by Crippen LogP contribution is -2.49. The van der Waals surface area contributed by atoms with Gasteiger partial charge >= 0.3 is 0 Å². The van der Waals surface area contributed by atoms with Gasteiger partial charge in [-0.05, 0) is 31.2 Å². The molecule has 2 saturated heterocycles. The summed E-state index contributed by atoms with van der Waals surface area (Å²) in [6, 6.07) is 1.15. The van der Waals surface area contributed by atoms with Gasteiger partial charge in [-0.2, -0.15) is 5.10 Å². The highest BCUT2D eigenvalue weighted by molar-refractivity contribution is 5.80. The molecule has 1 aromatic heterocycles. The molecule has 1 amide bonds. The average Bonchev–Trinajstić information content (AvgIpc) is 3.32. The van der Waals surface area contributed by atoms with Gasteiger partial charge in [0.2, 0.25) is 5.91 Å². The predicted octanol–water partition coefficient (Wildman–Crippen LogP) is 1.64. The van der Waals surface area contributed by atoms with Gasteiger partial charge in [0.1, 0.15) is 0 Å². The number of nitrogens with one attached hydrogen (secondary N) is 2. The number of carbonyl (C=O) groups excluding carboxylic acids is 1. The molecule has 4 rings (SSSR count). The molecule has 3 heterocycles. The maximum absolute atomic E-state index is 12.9. The van der Waals surface area contributed by atoms with Crippen LogP contribution in [0.2, 0.25) is 0 Å². The van der Waals surface area contributed by atoms with Crippen molar-refractivity contribution in [2.75, 3.05) is 26.2 Å². The van der Waals surface area contributed by atoms with Gasteiger partial charge in [0.15, 0.2) is 0 Å². The number of rotatable bonds is 4. The first-order valence-corrected chi connectivity index (χ1v) is 10.4. The van der Waals surface area contributed by atoms with E-state index in [0.717, 1.165) is 45.1 Å². The van der Waals surface area contributed by atoms with Crippen molar-refractivity contribution in [3.8, 4) is 0 Å². The number of likely N-dealkylation sites (tertiary alicyclic amines) is 1. The average molecular weight is 360 g/mol. The number of amides is 1. The first kappa shape index (κ1) is 18.0. The van der Waals surface area contributed by atoms with Crippen molar-refractivity contribution in [3.05, 3.63) is 18.0 Å². The topological polar surface area (TPSA) is 62.2 Å². The first-order chi connectivity index (χ1) is 12.7. The van der Waals surface area contributed by atoms with E-state index in [9.17, 15) is 4.79 Å². The number of hydrogen-bond donors (Lipinski definition) is 2. The number of hydrogen-bond acceptors (Lipinski definition) is 4. The molecule has 1 saturated carbocycles. The Labute approximate surface area is 156 Å². The molecule has 144 valence electrons. The van der Waals surface area contributed by atoms with Gasteiger partial charge in [-0.3, -0.25) is 9.48 Å². The Hall–Kier alpha value is -1.40. The second kappa shape index (κ2) is 8.09. The minimum atomic E-state index is 0.0237. The normalized spacial score (nSPS) is 29.1. The fourth-order valence-electron chi connectivity index (χ4n) is 5.10. The van der Waals surface area contributed by atoms with Crippen LogP contribution in [0.4, 0.5) is 0 Å². The molecule has 6 heteroatoms. The first-order valence-electron chi connectivity index (χ1n) is 10.4. The maximum atomic E-state index is 12.9. The molecule has 3 fully saturated rings. The molecule has 26 heavy (non-hydrogen) atoms. The van der Waals surface area contributed by atoms with Gasteiger partial charge in [-0.15, -0.1) is 0 Å². The summed E-state index contributed by atoms with van der Waals surface area (Å²) in [7, 11) is 1.93. The van der Waals surface area contributed by atoms with Crippen molar-refractivity contribution in [2.24, 2.45) is 13.0 Å².